The zero-order valence-corrected chi connectivity index (χ0v) is 28.6. The molecule has 11 nitrogen and oxygen atoms in total. The number of carbonyl (C=O) groups excluding carboxylic acids is 3. The molecule has 3 fully saturated rings. The van der Waals surface area contributed by atoms with E-state index in [1.807, 2.05) is 66.7 Å². The van der Waals surface area contributed by atoms with Crippen LogP contribution in [-0.2, 0) is 36.8 Å². The number of piperidine rings is 1. The molecule has 8 rings (SSSR count). The summed E-state index contributed by atoms with van der Waals surface area (Å²) in [6, 6.07) is 30.3. The molecule has 1 unspecified atom stereocenters. The lowest BCUT2D eigenvalue weighted by atomic mass is 9.83. The fourth-order valence-electron chi connectivity index (χ4n) is 7.59. The summed E-state index contributed by atoms with van der Waals surface area (Å²) >= 11 is 0. The Balaban J connectivity index is 1.02. The van der Waals surface area contributed by atoms with Crippen LogP contribution in [0.1, 0.15) is 90.0 Å². The number of hydrogen-bond acceptors (Lipinski definition) is 10. The second-order valence-corrected chi connectivity index (χ2v) is 13.7. The molecular weight excluding hydrogens is 664 g/mol. The third kappa shape index (κ3) is 7.03. The molecule has 4 atom stereocenters. The fraction of sp³-hybridized carbons (Fsp3) is 0.341. The second-order valence-electron chi connectivity index (χ2n) is 13.7. The minimum absolute atomic E-state index is 0.0398. The summed E-state index contributed by atoms with van der Waals surface area (Å²) in [4.78, 5) is 39.1. The van der Waals surface area contributed by atoms with Crippen molar-refractivity contribution >= 4 is 17.8 Å². The molecular formula is C41H40N2O9. The van der Waals surface area contributed by atoms with Crippen molar-refractivity contribution in [3.63, 3.8) is 0 Å². The highest BCUT2D eigenvalue weighted by Crippen LogP contribution is 2.47. The van der Waals surface area contributed by atoms with Gasteiger partial charge in [0.1, 0.15) is 0 Å². The molecule has 4 aliphatic rings. The Morgan fingerprint density at radius 3 is 2.15 bits per heavy atom. The van der Waals surface area contributed by atoms with Gasteiger partial charge >= 0.3 is 11.9 Å². The number of benzene rings is 4. The molecule has 3 saturated heterocycles. The molecule has 0 aromatic heterocycles. The number of esters is 2. The molecule has 1 amide bonds. The standard InChI is InChI=1S/C41H40N2O9/c44-25-27-8-10-29(11-9-27)36-35(28-4-2-1-3-5-28)34(24-43-18-16-41(17-19-43)48-20-21-49-41)50-40(51-36)30-12-6-26(7-13-30)23-42-37(45)31-14-15-32-33(22-31)39(47)52-38(32)46/h1-15,22,34-36,40,44H,16-21,23-25H2,(H,42,45)/t34-,35-,36+,40?/m1/s1. The lowest BCUT2D eigenvalue weighted by molar-refractivity contribution is -0.265. The quantitative estimate of drug-likeness (QED) is 0.177. The smallest absolute Gasteiger partial charge is 0.346 e. The summed E-state index contributed by atoms with van der Waals surface area (Å²) in [6.07, 6.45) is 0.386. The number of aliphatic hydroxyl groups excluding tert-OH is 1. The summed E-state index contributed by atoms with van der Waals surface area (Å²) in [5.74, 6) is -2.42. The normalized spacial score (nSPS) is 24.1. The number of nitrogens with one attached hydrogen (secondary N) is 1. The maximum atomic E-state index is 12.9. The third-order valence-electron chi connectivity index (χ3n) is 10.5. The van der Waals surface area contributed by atoms with Crippen LogP contribution in [0.4, 0.5) is 0 Å². The second kappa shape index (κ2) is 14.7. The minimum atomic E-state index is -0.753. The van der Waals surface area contributed by atoms with Crippen LogP contribution in [0.15, 0.2) is 97.1 Å². The van der Waals surface area contributed by atoms with Crippen LogP contribution in [-0.4, -0.2) is 72.6 Å². The van der Waals surface area contributed by atoms with Crippen molar-refractivity contribution < 1.29 is 43.2 Å². The first-order chi connectivity index (χ1) is 25.4. The molecule has 4 heterocycles. The van der Waals surface area contributed by atoms with Gasteiger partial charge in [0.25, 0.3) is 5.91 Å². The first kappa shape index (κ1) is 34.3. The largest absolute Gasteiger partial charge is 0.392 e. The van der Waals surface area contributed by atoms with Gasteiger partial charge in [-0.05, 0) is 40.5 Å². The lowest BCUT2D eigenvalue weighted by Gasteiger charge is -2.46. The molecule has 0 aliphatic carbocycles. The number of aliphatic hydroxyl groups is 1. The predicted molar refractivity (Wildman–Crippen MR) is 187 cm³/mol. The van der Waals surface area contributed by atoms with E-state index in [2.05, 4.69) is 27.1 Å². The Bertz CT molecular complexity index is 1920. The SMILES string of the molecule is O=C(NCc1ccc(C2O[C@H](CN3CCC4(CC3)OCCO4)[C@@H](c3ccccc3)[C@H](c3ccc(CO)cc3)O2)cc1)c1ccc2c(c1)C(=O)OC2=O. The molecule has 11 heteroatoms. The third-order valence-corrected chi connectivity index (χ3v) is 10.5. The van der Waals surface area contributed by atoms with E-state index in [0.29, 0.717) is 19.8 Å². The van der Waals surface area contributed by atoms with E-state index < -0.39 is 24.0 Å². The highest BCUT2D eigenvalue weighted by molar-refractivity contribution is 6.15. The van der Waals surface area contributed by atoms with Crippen molar-refractivity contribution in [1.82, 2.24) is 10.2 Å². The van der Waals surface area contributed by atoms with E-state index in [1.165, 1.54) is 18.2 Å². The van der Waals surface area contributed by atoms with Gasteiger partial charge < -0.3 is 39.0 Å². The Morgan fingerprint density at radius 1 is 0.769 bits per heavy atom. The summed E-state index contributed by atoms with van der Waals surface area (Å²) < 4.78 is 30.4. The number of nitrogens with zero attached hydrogens (tertiary/aromatic N) is 1. The van der Waals surface area contributed by atoms with E-state index in [0.717, 1.165) is 53.7 Å². The van der Waals surface area contributed by atoms with Gasteiger partial charge in [0, 0.05) is 56.1 Å². The van der Waals surface area contributed by atoms with Crippen molar-refractivity contribution in [1.29, 1.82) is 0 Å². The van der Waals surface area contributed by atoms with Crippen molar-refractivity contribution in [2.24, 2.45) is 0 Å². The van der Waals surface area contributed by atoms with Gasteiger partial charge in [-0.2, -0.15) is 0 Å². The van der Waals surface area contributed by atoms with Gasteiger partial charge in [0.2, 0.25) is 0 Å². The van der Waals surface area contributed by atoms with Crippen molar-refractivity contribution in [3.05, 3.63) is 142 Å². The zero-order chi connectivity index (χ0) is 35.7. The Morgan fingerprint density at radius 2 is 1.44 bits per heavy atom. The van der Waals surface area contributed by atoms with Crippen molar-refractivity contribution in [2.75, 3.05) is 32.8 Å². The van der Waals surface area contributed by atoms with Gasteiger partial charge in [-0.25, -0.2) is 9.59 Å². The highest BCUT2D eigenvalue weighted by Gasteiger charge is 2.45. The van der Waals surface area contributed by atoms with E-state index >= 15 is 0 Å². The number of hydrogen-bond donors (Lipinski definition) is 2. The summed E-state index contributed by atoms with van der Waals surface area (Å²) in [6.45, 7) is 3.83. The highest BCUT2D eigenvalue weighted by atomic mass is 16.7. The molecule has 4 aromatic rings. The number of likely N-dealkylation sites (tertiary alicyclic amines) is 1. The van der Waals surface area contributed by atoms with Crippen molar-refractivity contribution in [3.8, 4) is 0 Å². The minimum Gasteiger partial charge on any atom is -0.392 e. The summed E-state index contributed by atoms with van der Waals surface area (Å²) in [7, 11) is 0. The number of carbonyl (C=O) groups is 3. The van der Waals surface area contributed by atoms with Gasteiger partial charge in [-0.15, -0.1) is 0 Å². The average molecular weight is 705 g/mol. The molecule has 2 N–H and O–H groups in total. The fourth-order valence-corrected chi connectivity index (χ4v) is 7.59. The maximum absolute atomic E-state index is 12.9. The molecule has 4 aliphatic heterocycles. The van der Waals surface area contributed by atoms with Gasteiger partial charge in [0.05, 0.1) is 43.2 Å². The lowest BCUT2D eigenvalue weighted by Crippen LogP contribution is -2.50. The van der Waals surface area contributed by atoms with Crippen LogP contribution in [0, 0.1) is 0 Å². The number of fused-ring (bicyclic) bond motifs is 1. The van der Waals surface area contributed by atoms with E-state index in [1.54, 1.807) is 0 Å². The molecule has 4 aromatic carbocycles. The van der Waals surface area contributed by atoms with Gasteiger partial charge in [-0.1, -0.05) is 78.9 Å². The van der Waals surface area contributed by atoms with Crippen LogP contribution in [0.5, 0.6) is 0 Å². The van der Waals surface area contributed by atoms with Crippen LogP contribution < -0.4 is 5.32 Å². The molecule has 0 bridgehead atoms. The molecule has 0 saturated carbocycles. The molecule has 52 heavy (non-hydrogen) atoms. The van der Waals surface area contributed by atoms with Crippen molar-refractivity contribution in [2.45, 2.75) is 56.2 Å². The van der Waals surface area contributed by atoms with E-state index in [9.17, 15) is 19.5 Å². The number of ether oxygens (including phenoxy) is 5. The summed E-state index contributed by atoms with van der Waals surface area (Å²) in [5.41, 5.74) is 5.15. The number of rotatable bonds is 9. The van der Waals surface area contributed by atoms with E-state index in [-0.39, 0.29) is 53.9 Å². The van der Waals surface area contributed by atoms with Gasteiger partial charge in [0.15, 0.2) is 12.1 Å². The van der Waals surface area contributed by atoms with Gasteiger partial charge in [-0.3, -0.25) is 4.79 Å². The number of cyclic esters (lactones) is 2. The Kier molecular flexibility index (Phi) is 9.71. The van der Waals surface area contributed by atoms with Crippen LogP contribution >= 0.6 is 0 Å². The first-order valence-corrected chi connectivity index (χ1v) is 17.7. The molecule has 1 spiro atoms. The van der Waals surface area contributed by atoms with E-state index in [4.69, 9.17) is 18.9 Å². The maximum Gasteiger partial charge on any atom is 0.346 e. The van der Waals surface area contributed by atoms with Crippen LogP contribution in [0.25, 0.3) is 0 Å². The predicted octanol–water partition coefficient (Wildman–Crippen LogP) is 5.20. The monoisotopic (exact) mass is 704 g/mol. The molecule has 0 radical (unpaired) electrons. The van der Waals surface area contributed by atoms with Crippen LogP contribution in [0.2, 0.25) is 0 Å². The molecule has 268 valence electrons. The Hall–Kier alpha value is -4.75. The topological polar surface area (TPSA) is 133 Å². The first-order valence-electron chi connectivity index (χ1n) is 17.7. The summed E-state index contributed by atoms with van der Waals surface area (Å²) in [5, 5.41) is 12.6. The zero-order valence-electron chi connectivity index (χ0n) is 28.6. The van der Waals surface area contributed by atoms with Crippen LogP contribution in [0.3, 0.4) is 0 Å². The average Bonchev–Trinajstić information content (AvgIpc) is 3.77. The number of amides is 1. The Labute approximate surface area is 301 Å².